The largest absolute Gasteiger partial charge is 0.456 e. The van der Waals surface area contributed by atoms with Gasteiger partial charge >= 0.3 is 0 Å². The third-order valence-corrected chi connectivity index (χ3v) is 7.77. The van der Waals surface area contributed by atoms with Gasteiger partial charge in [-0.25, -0.2) is 0 Å². The van der Waals surface area contributed by atoms with E-state index >= 15 is 0 Å². The molecule has 0 saturated carbocycles. The summed E-state index contributed by atoms with van der Waals surface area (Å²) in [6.45, 7) is 3.13. The molecule has 3 heteroatoms. The second-order valence-corrected chi connectivity index (χ2v) is 9.45. The summed E-state index contributed by atoms with van der Waals surface area (Å²) >= 11 is 0. The molecule has 1 unspecified atom stereocenters. The fourth-order valence-electron chi connectivity index (χ4n) is 6.54. The maximum absolute atomic E-state index is 6.56. The summed E-state index contributed by atoms with van der Waals surface area (Å²) in [4.78, 5) is 5.15. The summed E-state index contributed by atoms with van der Waals surface area (Å²) in [6, 6.07) is 22.0. The summed E-state index contributed by atoms with van der Waals surface area (Å²) in [7, 11) is 0. The molecule has 33 heavy (non-hydrogen) atoms. The van der Waals surface area contributed by atoms with Crippen LogP contribution in [-0.4, -0.2) is 16.3 Å². The molecule has 5 heterocycles. The van der Waals surface area contributed by atoms with Crippen LogP contribution in [0.15, 0.2) is 107 Å². The molecule has 4 aliphatic rings. The number of furan rings is 1. The molecule has 158 valence electrons. The van der Waals surface area contributed by atoms with E-state index in [0.29, 0.717) is 0 Å². The minimum absolute atomic E-state index is 0.118. The summed E-state index contributed by atoms with van der Waals surface area (Å²) in [6.07, 6.45) is 13.5. The number of para-hydroxylation sites is 1. The number of hydrogen-bond acceptors (Lipinski definition) is 3. The molecular formula is C30H22N2O. The van der Waals surface area contributed by atoms with Gasteiger partial charge in [-0.05, 0) is 25.1 Å². The zero-order valence-corrected chi connectivity index (χ0v) is 18.3. The minimum atomic E-state index is -0.396. The van der Waals surface area contributed by atoms with Crippen molar-refractivity contribution in [1.82, 2.24) is 9.80 Å². The SMILES string of the molecule is CC1=CC=C2c3ccccc3[C@]3(c4ccc5c(oc6ccccc65)c4C4C=CC=CN43)N2C1. The Balaban J connectivity index is 1.53. The van der Waals surface area contributed by atoms with Crippen molar-refractivity contribution in [1.29, 1.82) is 0 Å². The van der Waals surface area contributed by atoms with Gasteiger partial charge in [-0.1, -0.05) is 78.4 Å². The lowest BCUT2D eigenvalue weighted by Crippen LogP contribution is -2.51. The second kappa shape index (κ2) is 5.87. The first-order valence-electron chi connectivity index (χ1n) is 11.6. The number of rotatable bonds is 0. The lowest BCUT2D eigenvalue weighted by atomic mass is 9.89. The lowest BCUT2D eigenvalue weighted by Gasteiger charge is -2.47. The molecule has 0 N–H and O–H groups in total. The van der Waals surface area contributed by atoms with Crippen LogP contribution in [0.5, 0.6) is 0 Å². The molecule has 8 rings (SSSR count). The lowest BCUT2D eigenvalue weighted by molar-refractivity contribution is 0.0605. The van der Waals surface area contributed by atoms with Crippen LogP contribution in [0.3, 0.4) is 0 Å². The van der Waals surface area contributed by atoms with Crippen LogP contribution in [0.2, 0.25) is 0 Å². The quantitative estimate of drug-likeness (QED) is 0.307. The van der Waals surface area contributed by atoms with Gasteiger partial charge in [0.1, 0.15) is 11.2 Å². The maximum Gasteiger partial charge on any atom is 0.168 e. The summed E-state index contributed by atoms with van der Waals surface area (Å²) in [5, 5.41) is 2.38. The van der Waals surface area contributed by atoms with Gasteiger partial charge in [0.25, 0.3) is 0 Å². The van der Waals surface area contributed by atoms with Gasteiger partial charge in [-0.2, -0.15) is 0 Å². The van der Waals surface area contributed by atoms with Crippen LogP contribution in [0.25, 0.3) is 27.6 Å². The average molecular weight is 427 g/mol. The molecule has 4 aliphatic heterocycles. The third-order valence-electron chi connectivity index (χ3n) is 7.77. The van der Waals surface area contributed by atoms with E-state index in [0.717, 1.165) is 17.7 Å². The van der Waals surface area contributed by atoms with Gasteiger partial charge < -0.3 is 14.2 Å². The molecule has 3 nitrogen and oxygen atoms in total. The zero-order valence-electron chi connectivity index (χ0n) is 18.3. The Morgan fingerprint density at radius 3 is 2.73 bits per heavy atom. The van der Waals surface area contributed by atoms with E-state index in [1.165, 1.54) is 44.3 Å². The molecule has 0 fully saturated rings. The van der Waals surface area contributed by atoms with Gasteiger partial charge in [0.2, 0.25) is 0 Å². The van der Waals surface area contributed by atoms with E-state index in [9.17, 15) is 0 Å². The molecule has 0 saturated heterocycles. The first-order chi connectivity index (χ1) is 16.3. The number of benzene rings is 3. The normalized spacial score (nSPS) is 24.2. The van der Waals surface area contributed by atoms with Crippen molar-refractivity contribution in [2.24, 2.45) is 0 Å². The number of fused-ring (bicyclic) bond motifs is 14. The van der Waals surface area contributed by atoms with Crippen LogP contribution in [0.1, 0.15) is 35.2 Å². The monoisotopic (exact) mass is 426 g/mol. The highest BCUT2D eigenvalue weighted by Crippen LogP contribution is 2.62. The van der Waals surface area contributed by atoms with E-state index < -0.39 is 5.66 Å². The van der Waals surface area contributed by atoms with Gasteiger partial charge in [-0.15, -0.1) is 0 Å². The van der Waals surface area contributed by atoms with Crippen LogP contribution < -0.4 is 0 Å². The number of nitrogens with zero attached hydrogens (tertiary/aromatic N) is 2. The first kappa shape index (κ1) is 17.6. The highest BCUT2D eigenvalue weighted by molar-refractivity contribution is 6.06. The van der Waals surface area contributed by atoms with Crippen molar-refractivity contribution in [3.8, 4) is 0 Å². The minimum Gasteiger partial charge on any atom is -0.456 e. The molecule has 3 aromatic carbocycles. The Bertz CT molecular complexity index is 1630. The van der Waals surface area contributed by atoms with E-state index in [1.807, 2.05) is 0 Å². The third kappa shape index (κ3) is 1.93. The predicted octanol–water partition coefficient (Wildman–Crippen LogP) is 6.84. The van der Waals surface area contributed by atoms with Gasteiger partial charge in [0.15, 0.2) is 5.66 Å². The van der Waals surface area contributed by atoms with E-state index in [2.05, 4.69) is 114 Å². The Hall–Kier alpha value is -3.98. The number of hydrogen-bond donors (Lipinski definition) is 0. The molecule has 1 aromatic heterocycles. The van der Waals surface area contributed by atoms with Gasteiger partial charge in [0, 0.05) is 51.5 Å². The van der Waals surface area contributed by atoms with Crippen LogP contribution in [-0.2, 0) is 5.66 Å². The van der Waals surface area contributed by atoms with Gasteiger partial charge in [-0.3, -0.25) is 0 Å². The highest BCUT2D eigenvalue weighted by Gasteiger charge is 2.59. The fourth-order valence-corrected chi connectivity index (χ4v) is 6.54. The first-order valence-corrected chi connectivity index (χ1v) is 11.6. The van der Waals surface area contributed by atoms with Crippen molar-refractivity contribution in [3.05, 3.63) is 125 Å². The van der Waals surface area contributed by atoms with Crippen LogP contribution in [0, 0.1) is 0 Å². The Morgan fingerprint density at radius 2 is 1.76 bits per heavy atom. The predicted molar refractivity (Wildman–Crippen MR) is 132 cm³/mol. The smallest absolute Gasteiger partial charge is 0.168 e. The average Bonchev–Trinajstić information content (AvgIpc) is 3.47. The Labute approximate surface area is 192 Å². The molecule has 0 amide bonds. The molecular weight excluding hydrogens is 404 g/mol. The van der Waals surface area contributed by atoms with Crippen molar-refractivity contribution >= 4 is 27.6 Å². The number of allylic oxidation sites excluding steroid dienone is 4. The van der Waals surface area contributed by atoms with Crippen molar-refractivity contribution in [3.63, 3.8) is 0 Å². The topological polar surface area (TPSA) is 19.6 Å². The Morgan fingerprint density at radius 1 is 0.879 bits per heavy atom. The molecule has 0 bridgehead atoms. The molecule has 1 spiro atoms. The Kier molecular flexibility index (Phi) is 3.13. The summed E-state index contributed by atoms with van der Waals surface area (Å²) in [5.74, 6) is 0. The van der Waals surface area contributed by atoms with Crippen LogP contribution >= 0.6 is 0 Å². The highest BCUT2D eigenvalue weighted by atomic mass is 16.3. The van der Waals surface area contributed by atoms with Crippen molar-refractivity contribution in [2.75, 3.05) is 6.54 Å². The molecule has 4 aromatic rings. The van der Waals surface area contributed by atoms with E-state index in [-0.39, 0.29) is 6.04 Å². The van der Waals surface area contributed by atoms with Gasteiger partial charge in [0.05, 0.1) is 6.04 Å². The molecule has 2 atom stereocenters. The summed E-state index contributed by atoms with van der Waals surface area (Å²) < 4.78 is 6.56. The van der Waals surface area contributed by atoms with Crippen molar-refractivity contribution in [2.45, 2.75) is 18.6 Å². The second-order valence-electron chi connectivity index (χ2n) is 9.45. The van der Waals surface area contributed by atoms with E-state index in [4.69, 9.17) is 4.42 Å². The fraction of sp³-hybridized carbons (Fsp3) is 0.133. The van der Waals surface area contributed by atoms with E-state index in [1.54, 1.807) is 0 Å². The zero-order chi connectivity index (χ0) is 21.7. The summed E-state index contributed by atoms with van der Waals surface area (Å²) in [5.41, 5.74) is 9.51. The maximum atomic E-state index is 6.56. The standard InChI is InChI=1S/C30H22N2O/c1-19-13-16-25-22-9-2-4-10-23(22)30(32(25)18-19)24-15-14-21-20-8-3-5-12-27(20)33-29(21)28(24)26-11-6-7-17-31(26)30/h2-17,26H,18H2,1H3/t26?,30-/m1/s1. The van der Waals surface area contributed by atoms with Crippen molar-refractivity contribution < 1.29 is 4.42 Å². The van der Waals surface area contributed by atoms with Crippen LogP contribution in [0.4, 0.5) is 0 Å². The molecule has 0 radical (unpaired) electrons. The molecule has 0 aliphatic carbocycles.